The highest BCUT2D eigenvalue weighted by atomic mass is 36.5. The molecule has 0 aliphatic heterocycles. The molecule has 1 aromatic carbocycles. The number of hydrogen-bond acceptors (Lipinski definition) is 0. The van der Waals surface area contributed by atoms with Crippen molar-refractivity contribution < 1.29 is 0 Å². The molecule has 0 bridgehead atoms. The second-order valence-electron chi connectivity index (χ2n) is 1.75. The first-order valence-electron chi connectivity index (χ1n) is 2.66. The Labute approximate surface area is 75.3 Å². The second-order valence-corrected chi connectivity index (χ2v) is 2.16. The molecule has 0 nitrogen and oxygen atoms in total. The molecule has 3 heteroatoms. The molecule has 0 aliphatic carbocycles. The number of rotatable bonds is 0. The molecule has 0 spiro atoms. The summed E-state index contributed by atoms with van der Waals surface area (Å²) in [7, 11) is 8.22. The van der Waals surface area contributed by atoms with Crippen molar-refractivity contribution in [3.8, 4) is 0 Å². The first kappa shape index (κ1) is 10.1. The van der Waals surface area contributed by atoms with E-state index in [1.807, 2.05) is 31.2 Å². The smallest absolute Gasteiger partial charge is 0.0435 e. The van der Waals surface area contributed by atoms with Crippen molar-refractivity contribution in [2.45, 2.75) is 6.92 Å². The van der Waals surface area contributed by atoms with Gasteiger partial charge in [0.05, 0.1) is 0 Å². The highest BCUT2D eigenvalue weighted by Gasteiger charge is 1.86. The molecule has 0 unspecified atom stereocenters. The largest absolute Gasteiger partial charge is 0.0841 e. The molecule has 0 saturated heterocycles. The summed E-state index contributed by atoms with van der Waals surface area (Å²) < 4.78 is 0. The molecule has 10 heavy (non-hydrogen) atoms. The quantitative estimate of drug-likeness (QED) is 0.589. The zero-order valence-corrected chi connectivity index (χ0v) is 7.71. The first-order chi connectivity index (χ1) is 4.80. The highest BCUT2D eigenvalue weighted by molar-refractivity contribution is 6.85. The lowest BCUT2D eigenvalue weighted by atomic mass is 10.2. The van der Waals surface area contributed by atoms with E-state index in [0.29, 0.717) is 0 Å². The number of halogens is 3. The van der Waals surface area contributed by atoms with E-state index in [-0.39, 0.29) is 0 Å². The van der Waals surface area contributed by atoms with Crippen molar-refractivity contribution in [1.82, 2.24) is 0 Å². The Morgan fingerprint density at radius 3 is 1.90 bits per heavy atom. The normalized spacial score (nSPS) is 8.00. The molecular formula is C7H7Cl3. The van der Waals surface area contributed by atoms with E-state index >= 15 is 0 Å². The van der Waals surface area contributed by atoms with Gasteiger partial charge in [0, 0.05) is 26.7 Å². The average Bonchev–Trinajstić information content (AvgIpc) is 2.00. The van der Waals surface area contributed by atoms with Crippen LogP contribution in [0.1, 0.15) is 5.56 Å². The Balaban J connectivity index is 0.000000371. The molecule has 1 rings (SSSR count). The van der Waals surface area contributed by atoms with Gasteiger partial charge in [-0.3, -0.25) is 0 Å². The van der Waals surface area contributed by atoms with Crippen LogP contribution in [0.2, 0.25) is 5.02 Å². The van der Waals surface area contributed by atoms with Crippen LogP contribution in [0.5, 0.6) is 0 Å². The van der Waals surface area contributed by atoms with Crippen molar-refractivity contribution >= 4 is 33.3 Å². The second kappa shape index (κ2) is 5.84. The molecule has 0 radical (unpaired) electrons. The maximum Gasteiger partial charge on any atom is 0.0435 e. The van der Waals surface area contributed by atoms with Crippen LogP contribution in [-0.2, 0) is 0 Å². The molecule has 0 heterocycles. The van der Waals surface area contributed by atoms with Gasteiger partial charge in [0.1, 0.15) is 0 Å². The van der Waals surface area contributed by atoms with Crippen LogP contribution in [0.3, 0.4) is 0 Å². The van der Waals surface area contributed by atoms with E-state index in [0.717, 1.165) is 10.6 Å². The van der Waals surface area contributed by atoms with Crippen LogP contribution in [-0.4, -0.2) is 0 Å². The first-order valence-corrected chi connectivity index (χ1v) is 4.18. The van der Waals surface area contributed by atoms with Gasteiger partial charge in [-0.15, -0.1) is 0 Å². The van der Waals surface area contributed by atoms with Crippen LogP contribution >= 0.6 is 33.3 Å². The minimum absolute atomic E-state index is 0.840. The van der Waals surface area contributed by atoms with E-state index in [1.54, 1.807) is 0 Å². The Hall–Kier alpha value is 0.0900. The lowest BCUT2D eigenvalue weighted by molar-refractivity contribution is 1.47. The average molecular weight is 197 g/mol. The Bertz CT molecular complexity index is 165. The minimum Gasteiger partial charge on any atom is -0.0841 e. The SMILES string of the molecule is Cc1ccccc1Cl.ClCl. The van der Waals surface area contributed by atoms with E-state index in [4.69, 9.17) is 11.6 Å². The van der Waals surface area contributed by atoms with E-state index in [9.17, 15) is 0 Å². The topological polar surface area (TPSA) is 0 Å². The summed E-state index contributed by atoms with van der Waals surface area (Å²) in [6.07, 6.45) is 0. The fourth-order valence-electron chi connectivity index (χ4n) is 0.551. The van der Waals surface area contributed by atoms with Crippen LogP contribution < -0.4 is 0 Å². The van der Waals surface area contributed by atoms with Crippen molar-refractivity contribution in [2.75, 3.05) is 0 Å². The van der Waals surface area contributed by atoms with Gasteiger partial charge in [0.2, 0.25) is 0 Å². The molecule has 1 aromatic rings. The number of benzene rings is 1. The summed E-state index contributed by atoms with van der Waals surface area (Å²) in [4.78, 5) is 0. The fraction of sp³-hybridized carbons (Fsp3) is 0.143. The summed E-state index contributed by atoms with van der Waals surface area (Å²) in [6, 6.07) is 7.77. The predicted octanol–water partition coefficient (Wildman–Crippen LogP) is 4.03. The third-order valence-electron chi connectivity index (χ3n) is 1.08. The predicted molar refractivity (Wildman–Crippen MR) is 47.9 cm³/mol. The molecule has 0 N–H and O–H groups in total. The van der Waals surface area contributed by atoms with Gasteiger partial charge < -0.3 is 0 Å². The molecule has 0 aliphatic rings. The Morgan fingerprint density at radius 1 is 1.10 bits per heavy atom. The molecule has 56 valence electrons. The van der Waals surface area contributed by atoms with Crippen LogP contribution in [0.15, 0.2) is 24.3 Å². The van der Waals surface area contributed by atoms with Crippen molar-refractivity contribution in [2.24, 2.45) is 0 Å². The zero-order chi connectivity index (χ0) is 7.98. The maximum atomic E-state index is 5.71. The van der Waals surface area contributed by atoms with Crippen molar-refractivity contribution in [3.05, 3.63) is 34.9 Å². The van der Waals surface area contributed by atoms with Gasteiger partial charge in [-0.1, -0.05) is 29.8 Å². The third kappa shape index (κ3) is 3.31. The van der Waals surface area contributed by atoms with Gasteiger partial charge in [0.25, 0.3) is 0 Å². The van der Waals surface area contributed by atoms with Gasteiger partial charge in [-0.05, 0) is 18.6 Å². The highest BCUT2D eigenvalue weighted by Crippen LogP contribution is 2.11. The zero-order valence-electron chi connectivity index (χ0n) is 5.44. The van der Waals surface area contributed by atoms with Gasteiger partial charge >= 0.3 is 0 Å². The monoisotopic (exact) mass is 196 g/mol. The molecule has 0 aromatic heterocycles. The number of hydrogen-bond donors (Lipinski definition) is 0. The van der Waals surface area contributed by atoms with Crippen LogP contribution in [0.4, 0.5) is 0 Å². The van der Waals surface area contributed by atoms with Gasteiger partial charge in [0.15, 0.2) is 0 Å². The summed E-state index contributed by atoms with van der Waals surface area (Å²) in [5.41, 5.74) is 1.13. The van der Waals surface area contributed by atoms with E-state index < -0.39 is 0 Å². The summed E-state index contributed by atoms with van der Waals surface area (Å²) >= 11 is 5.71. The number of aryl methyl sites for hydroxylation is 1. The van der Waals surface area contributed by atoms with Gasteiger partial charge in [-0.2, -0.15) is 0 Å². The lowest BCUT2D eigenvalue weighted by Crippen LogP contribution is -1.68. The summed E-state index contributed by atoms with van der Waals surface area (Å²) in [5.74, 6) is 0. The fourth-order valence-corrected chi connectivity index (χ4v) is 0.687. The summed E-state index contributed by atoms with van der Waals surface area (Å²) in [5, 5.41) is 0.840. The van der Waals surface area contributed by atoms with E-state index in [1.165, 1.54) is 0 Å². The van der Waals surface area contributed by atoms with Gasteiger partial charge in [-0.25, -0.2) is 0 Å². The summed E-state index contributed by atoms with van der Waals surface area (Å²) in [6.45, 7) is 1.99. The molecule has 0 atom stereocenters. The maximum absolute atomic E-state index is 5.71. The van der Waals surface area contributed by atoms with Crippen LogP contribution in [0.25, 0.3) is 0 Å². The van der Waals surface area contributed by atoms with Crippen molar-refractivity contribution in [1.29, 1.82) is 0 Å². The van der Waals surface area contributed by atoms with Crippen molar-refractivity contribution in [3.63, 3.8) is 0 Å². The Kier molecular flexibility index (Phi) is 5.90. The minimum atomic E-state index is 0.840. The molecule has 0 amide bonds. The lowest BCUT2D eigenvalue weighted by Gasteiger charge is -1.90. The molecule has 0 saturated carbocycles. The van der Waals surface area contributed by atoms with Crippen LogP contribution in [0, 0.1) is 6.92 Å². The third-order valence-corrected chi connectivity index (χ3v) is 1.50. The van der Waals surface area contributed by atoms with E-state index in [2.05, 4.69) is 21.7 Å². The Morgan fingerprint density at radius 2 is 1.60 bits per heavy atom. The molecular weight excluding hydrogens is 190 g/mol. The molecule has 0 fully saturated rings. The standard InChI is InChI=1S/C7H7Cl.Cl2/c1-6-4-2-3-5-7(6)8;1-2/h2-5H,1H3;.